The van der Waals surface area contributed by atoms with Crippen molar-refractivity contribution >= 4 is 47.5 Å². The summed E-state index contributed by atoms with van der Waals surface area (Å²) in [4.78, 5) is 89.2. The molecule has 52 heavy (non-hydrogen) atoms. The first-order chi connectivity index (χ1) is 24.4. The number of fused-ring (bicyclic) bond motifs is 2. The van der Waals surface area contributed by atoms with E-state index in [0.717, 1.165) is 11.1 Å². The van der Waals surface area contributed by atoms with Crippen molar-refractivity contribution in [3.05, 3.63) is 70.9 Å². The van der Waals surface area contributed by atoms with Gasteiger partial charge in [0, 0.05) is 41.8 Å². The molecule has 7 atom stereocenters. The van der Waals surface area contributed by atoms with Crippen LogP contribution in [0, 0.1) is 36.5 Å². The highest BCUT2D eigenvalue weighted by atomic mass is 31.2. The van der Waals surface area contributed by atoms with Gasteiger partial charge in [-0.05, 0) is 80.2 Å². The Hall–Kier alpha value is -4.16. The van der Waals surface area contributed by atoms with Gasteiger partial charge in [0.2, 0.25) is 17.7 Å². The topological polar surface area (TPSA) is 209 Å². The molecule has 3 amide bonds. The van der Waals surface area contributed by atoms with Crippen LogP contribution in [0.3, 0.4) is 0 Å². The predicted molar refractivity (Wildman–Crippen MR) is 194 cm³/mol. The number of hydrogen-bond acceptors (Lipinski definition) is 7. The number of nitrogens with one attached hydrogen (secondary N) is 2. The molecule has 0 spiro atoms. The number of hydrogen-bond donors (Lipinski definition) is 5. The first-order valence-electron chi connectivity index (χ1n) is 17.8. The molecule has 13 nitrogen and oxygen atoms in total. The largest absolute Gasteiger partial charge is 0.396 e. The highest BCUT2D eigenvalue weighted by molar-refractivity contribution is 7.70. The lowest BCUT2D eigenvalue weighted by atomic mass is 9.89. The standard InChI is InChI=1S/C38H49N4O9P/c1-20(2)14-27(17-32(43)31-16-26-15-25(10-11-30(26)40-31)38(47)52(48,49)50)37(46)42-18-28-22(4)34(28)35(42)36(45)41-29(12-13-33(39)44)23(5)51-19-24-8-6-21(3)7-9-24/h6-11,15-16,20,22-23,27-29,34-35,40H,12-14,17-19H2,1-5H3,(H2,39,44)(H,41,45)(H2,48,49,50)/t22-,23-,27-,28?,29+,34?,35+/m1/s1. The molecule has 0 radical (unpaired) electrons. The Balaban J connectivity index is 1.31. The number of nitrogens with two attached hydrogens (primary N) is 1. The number of nitrogens with zero attached hydrogens (tertiary/aromatic N) is 1. The molecule has 14 heteroatoms. The number of primary amides is 1. The fourth-order valence-electron chi connectivity index (χ4n) is 7.49. The third-order valence-corrected chi connectivity index (χ3v) is 11.3. The number of aromatic amines is 1. The summed E-state index contributed by atoms with van der Waals surface area (Å²) in [5.41, 5.74) is 6.76. The molecule has 6 N–H and O–H groups in total. The molecular weight excluding hydrogens is 687 g/mol. The molecule has 2 aromatic carbocycles. The maximum absolute atomic E-state index is 14.3. The van der Waals surface area contributed by atoms with Crippen molar-refractivity contribution < 1.29 is 43.1 Å². The Kier molecular flexibility index (Phi) is 11.9. The van der Waals surface area contributed by atoms with Gasteiger partial charge in [-0.25, -0.2) is 0 Å². The number of piperidine rings is 1. The van der Waals surface area contributed by atoms with Crippen LogP contribution in [0.5, 0.6) is 0 Å². The first kappa shape index (κ1) is 39.1. The Morgan fingerprint density at radius 1 is 1.06 bits per heavy atom. The normalized spacial score (nSPS) is 21.4. The summed E-state index contributed by atoms with van der Waals surface area (Å²) in [5.74, 6) is -1.70. The van der Waals surface area contributed by atoms with Gasteiger partial charge in [0.1, 0.15) is 6.04 Å². The number of rotatable bonds is 17. The fraction of sp³-hybridized carbons (Fsp3) is 0.500. The predicted octanol–water partition coefficient (Wildman–Crippen LogP) is 4.48. The molecule has 2 unspecified atom stereocenters. The number of carbonyl (C=O) groups is 5. The second kappa shape index (κ2) is 15.8. The van der Waals surface area contributed by atoms with E-state index in [9.17, 15) is 38.3 Å². The van der Waals surface area contributed by atoms with Gasteiger partial charge in [-0.2, -0.15) is 0 Å². The van der Waals surface area contributed by atoms with Gasteiger partial charge in [-0.15, -0.1) is 0 Å². The molecule has 1 saturated heterocycles. The van der Waals surface area contributed by atoms with Crippen molar-refractivity contribution in [3.8, 4) is 0 Å². The Bertz CT molecular complexity index is 1880. The van der Waals surface area contributed by atoms with Crippen LogP contribution in [0.4, 0.5) is 0 Å². The van der Waals surface area contributed by atoms with Crippen molar-refractivity contribution in [1.29, 1.82) is 0 Å². The summed E-state index contributed by atoms with van der Waals surface area (Å²) in [5, 5.41) is 3.51. The van der Waals surface area contributed by atoms with Crippen LogP contribution in [-0.2, 0) is 30.3 Å². The van der Waals surface area contributed by atoms with Crippen LogP contribution in [0.15, 0.2) is 48.5 Å². The van der Waals surface area contributed by atoms with E-state index < -0.39 is 43.1 Å². The fourth-order valence-corrected chi connectivity index (χ4v) is 7.97. The number of aryl methyl sites for hydroxylation is 1. The molecule has 1 aromatic heterocycles. The number of likely N-dealkylation sites (tertiary alicyclic amines) is 1. The van der Waals surface area contributed by atoms with Crippen LogP contribution in [0.2, 0.25) is 0 Å². The molecule has 3 aromatic rings. The first-order valence-corrected chi connectivity index (χ1v) is 19.4. The van der Waals surface area contributed by atoms with Crippen LogP contribution in [0.1, 0.15) is 85.4 Å². The Morgan fingerprint density at radius 3 is 2.38 bits per heavy atom. The van der Waals surface area contributed by atoms with E-state index in [4.69, 9.17) is 10.5 Å². The van der Waals surface area contributed by atoms with E-state index >= 15 is 0 Å². The van der Waals surface area contributed by atoms with Crippen molar-refractivity contribution in [3.63, 3.8) is 0 Å². The molecule has 1 aliphatic carbocycles. The summed E-state index contributed by atoms with van der Waals surface area (Å²) < 4.78 is 17.6. The van der Waals surface area contributed by atoms with E-state index in [1.54, 1.807) is 4.90 Å². The smallest absolute Gasteiger partial charge is 0.372 e. The Morgan fingerprint density at radius 2 is 1.75 bits per heavy atom. The second-order valence-corrected chi connectivity index (χ2v) is 16.4. The quantitative estimate of drug-likeness (QED) is 0.0976. The summed E-state index contributed by atoms with van der Waals surface area (Å²) in [6, 6.07) is 12.2. The minimum atomic E-state index is -4.99. The number of ketones is 1. The van der Waals surface area contributed by atoms with Crippen LogP contribution >= 0.6 is 7.60 Å². The number of benzene rings is 2. The van der Waals surface area contributed by atoms with Gasteiger partial charge >= 0.3 is 7.60 Å². The summed E-state index contributed by atoms with van der Waals surface area (Å²) >= 11 is 0. The van der Waals surface area contributed by atoms with Gasteiger partial charge in [0.25, 0.3) is 5.52 Å². The maximum atomic E-state index is 14.3. The van der Waals surface area contributed by atoms with Crippen LogP contribution in [0.25, 0.3) is 10.9 Å². The molecule has 2 heterocycles. The zero-order valence-electron chi connectivity index (χ0n) is 30.2. The number of amides is 3. The average Bonchev–Trinajstić information content (AvgIpc) is 3.40. The summed E-state index contributed by atoms with van der Waals surface area (Å²) in [6.07, 6.45) is 0.138. The third-order valence-electron chi connectivity index (χ3n) is 10.5. The molecular formula is C38H49N4O9P. The third kappa shape index (κ3) is 9.06. The number of ether oxygens (including phenoxy) is 1. The molecule has 1 aliphatic heterocycles. The Labute approximate surface area is 303 Å². The van der Waals surface area contributed by atoms with E-state index in [0.29, 0.717) is 30.5 Å². The van der Waals surface area contributed by atoms with Gasteiger partial charge in [-0.3, -0.25) is 28.5 Å². The van der Waals surface area contributed by atoms with Crippen LogP contribution < -0.4 is 11.1 Å². The van der Waals surface area contributed by atoms with E-state index in [1.807, 2.05) is 52.0 Å². The van der Waals surface area contributed by atoms with Crippen molar-refractivity contribution in [2.24, 2.45) is 35.3 Å². The van der Waals surface area contributed by atoms with Crippen molar-refractivity contribution in [1.82, 2.24) is 15.2 Å². The monoisotopic (exact) mass is 736 g/mol. The zero-order chi connectivity index (χ0) is 38.1. The number of aromatic nitrogens is 1. The number of Topliss-reactive ketones (excluding diaryl/α,β-unsaturated/α-hetero) is 1. The maximum Gasteiger partial charge on any atom is 0.396 e. The average molecular weight is 737 g/mol. The van der Waals surface area contributed by atoms with Crippen molar-refractivity contribution in [2.75, 3.05) is 6.54 Å². The second-order valence-electron chi connectivity index (χ2n) is 14.9. The highest BCUT2D eigenvalue weighted by Crippen LogP contribution is 2.55. The molecule has 280 valence electrons. The lowest BCUT2D eigenvalue weighted by Gasteiger charge is -2.33. The molecule has 2 fully saturated rings. The highest BCUT2D eigenvalue weighted by Gasteiger charge is 2.62. The van der Waals surface area contributed by atoms with Gasteiger partial charge in [-0.1, -0.05) is 50.6 Å². The van der Waals surface area contributed by atoms with Gasteiger partial charge < -0.3 is 35.5 Å². The number of carbonyl (C=O) groups excluding carboxylic acids is 5. The van der Waals surface area contributed by atoms with E-state index in [1.165, 1.54) is 24.3 Å². The SMILES string of the molecule is Cc1ccc(CO[C@H](C)[C@H](CCC(N)=O)NC(=O)[C@@H]2C3C(CN2C(=O)[C@@H](CC(=O)c2cc4cc(C(=O)P(=O)(O)O)ccc4[nH]2)CC(C)C)[C@H]3C)cc1. The zero-order valence-corrected chi connectivity index (χ0v) is 31.1. The molecule has 0 bridgehead atoms. The summed E-state index contributed by atoms with van der Waals surface area (Å²) in [6.45, 7) is 10.5. The molecule has 1 saturated carbocycles. The lowest BCUT2D eigenvalue weighted by Crippen LogP contribution is -2.54. The van der Waals surface area contributed by atoms with Crippen LogP contribution in [-0.4, -0.2) is 73.4 Å². The van der Waals surface area contributed by atoms with Gasteiger partial charge in [0.05, 0.1) is 24.4 Å². The van der Waals surface area contributed by atoms with Crippen molar-refractivity contribution in [2.45, 2.75) is 85.1 Å². The lowest BCUT2D eigenvalue weighted by molar-refractivity contribution is -0.144. The molecule has 5 rings (SSSR count). The molecule has 2 aliphatic rings. The number of H-pyrrole nitrogens is 1. The minimum Gasteiger partial charge on any atom is -0.372 e. The van der Waals surface area contributed by atoms with E-state index in [2.05, 4.69) is 17.2 Å². The minimum absolute atomic E-state index is 0.0290. The van der Waals surface area contributed by atoms with Gasteiger partial charge in [0.15, 0.2) is 5.78 Å². The summed E-state index contributed by atoms with van der Waals surface area (Å²) in [7, 11) is -4.99. The van der Waals surface area contributed by atoms with E-state index in [-0.39, 0.29) is 71.8 Å².